The maximum atomic E-state index is 6.16. The fraction of sp³-hybridized carbons (Fsp3) is 0.235. The number of halogens is 2. The van der Waals surface area contributed by atoms with Crippen molar-refractivity contribution in [3.05, 3.63) is 64.1 Å². The monoisotopic (exact) mass is 393 g/mol. The second kappa shape index (κ2) is 9.20. The lowest BCUT2D eigenvalue weighted by Gasteiger charge is -2.08. The van der Waals surface area contributed by atoms with Gasteiger partial charge in [0.25, 0.3) is 0 Å². The Balaban J connectivity index is 1.43. The highest BCUT2D eigenvalue weighted by Gasteiger charge is 2.08. The largest absolute Gasteiger partial charge is 0.313 e. The second-order valence-corrected chi connectivity index (χ2v) is 7.16. The van der Waals surface area contributed by atoms with Gasteiger partial charge in [-0.15, -0.1) is 5.10 Å². The molecule has 0 unspecified atom stereocenters. The number of nitrogens with one attached hydrogen (secondary N) is 1. The van der Waals surface area contributed by atoms with Crippen molar-refractivity contribution in [3.8, 4) is 5.69 Å². The van der Waals surface area contributed by atoms with E-state index in [2.05, 4.69) is 20.8 Å². The van der Waals surface area contributed by atoms with E-state index in [9.17, 15) is 0 Å². The van der Waals surface area contributed by atoms with Crippen LogP contribution in [0.2, 0.25) is 10.0 Å². The summed E-state index contributed by atoms with van der Waals surface area (Å²) in [6.45, 7) is 1.52. The molecule has 25 heavy (non-hydrogen) atoms. The summed E-state index contributed by atoms with van der Waals surface area (Å²) in [5.74, 6) is 0.913. The normalized spacial score (nSPS) is 11.0. The molecule has 3 rings (SSSR count). The van der Waals surface area contributed by atoms with Crippen LogP contribution in [0.15, 0.2) is 53.7 Å². The lowest BCUT2D eigenvalue weighted by atomic mass is 10.2. The number of nitrogens with zero attached hydrogens (tertiary/aromatic N) is 4. The zero-order valence-corrected chi connectivity index (χ0v) is 15.7. The molecule has 0 spiro atoms. The molecule has 2 aromatic carbocycles. The minimum atomic E-state index is 0.658. The third kappa shape index (κ3) is 4.95. The zero-order chi connectivity index (χ0) is 17.5. The molecular formula is C17H17Cl2N5S. The number of hydrogen-bond acceptors (Lipinski definition) is 5. The van der Waals surface area contributed by atoms with Crippen LogP contribution in [0, 0.1) is 0 Å². The van der Waals surface area contributed by atoms with Gasteiger partial charge in [-0.05, 0) is 47.7 Å². The van der Waals surface area contributed by atoms with E-state index >= 15 is 0 Å². The summed E-state index contributed by atoms with van der Waals surface area (Å²) in [7, 11) is 0. The first-order valence-electron chi connectivity index (χ1n) is 7.86. The summed E-state index contributed by atoms with van der Waals surface area (Å²) in [5, 5.41) is 17.5. The second-order valence-electron chi connectivity index (χ2n) is 5.29. The fourth-order valence-electron chi connectivity index (χ4n) is 2.28. The van der Waals surface area contributed by atoms with Gasteiger partial charge in [0.05, 0.1) is 5.69 Å². The Morgan fingerprint density at radius 2 is 1.76 bits per heavy atom. The van der Waals surface area contributed by atoms with Crippen LogP contribution in [-0.2, 0) is 6.54 Å². The van der Waals surface area contributed by atoms with Crippen molar-refractivity contribution in [2.45, 2.75) is 18.1 Å². The Morgan fingerprint density at radius 1 is 1.00 bits per heavy atom. The molecule has 1 N–H and O–H groups in total. The number of thioether (sulfide) groups is 1. The van der Waals surface area contributed by atoms with Crippen molar-refractivity contribution in [2.75, 3.05) is 12.3 Å². The lowest BCUT2D eigenvalue weighted by molar-refractivity contribution is 0.678. The Labute approximate surface area is 160 Å². The minimum absolute atomic E-state index is 0.658. The highest BCUT2D eigenvalue weighted by atomic mass is 35.5. The standard InChI is InChI=1S/C17H17Cl2N5S/c18-15-8-4-9-16(19)14(15)12-20-10-5-11-25-17-21-22-23-24(17)13-6-2-1-3-7-13/h1-4,6-9,20H,5,10-12H2. The van der Waals surface area contributed by atoms with Crippen LogP contribution >= 0.6 is 35.0 Å². The van der Waals surface area contributed by atoms with Gasteiger partial charge in [-0.3, -0.25) is 0 Å². The number of para-hydroxylation sites is 1. The van der Waals surface area contributed by atoms with E-state index in [1.165, 1.54) is 0 Å². The molecule has 8 heteroatoms. The van der Waals surface area contributed by atoms with Crippen LogP contribution in [-0.4, -0.2) is 32.5 Å². The fourth-order valence-corrected chi connectivity index (χ4v) is 3.64. The van der Waals surface area contributed by atoms with Crippen LogP contribution in [0.4, 0.5) is 0 Å². The number of hydrogen-bond donors (Lipinski definition) is 1. The molecule has 1 heterocycles. The van der Waals surface area contributed by atoms with Crippen LogP contribution in [0.1, 0.15) is 12.0 Å². The third-order valence-electron chi connectivity index (χ3n) is 3.53. The van der Waals surface area contributed by atoms with E-state index in [-0.39, 0.29) is 0 Å². The van der Waals surface area contributed by atoms with E-state index in [4.69, 9.17) is 23.2 Å². The van der Waals surface area contributed by atoms with Gasteiger partial charge in [0.15, 0.2) is 0 Å². The molecule has 130 valence electrons. The van der Waals surface area contributed by atoms with Crippen molar-refractivity contribution < 1.29 is 0 Å². The van der Waals surface area contributed by atoms with Crippen LogP contribution in [0.3, 0.4) is 0 Å². The van der Waals surface area contributed by atoms with Crippen molar-refractivity contribution in [1.29, 1.82) is 0 Å². The summed E-state index contributed by atoms with van der Waals surface area (Å²) in [6, 6.07) is 15.4. The first kappa shape index (κ1) is 18.2. The number of aromatic nitrogens is 4. The molecule has 3 aromatic rings. The Hall–Kier alpha value is -1.60. The van der Waals surface area contributed by atoms with Gasteiger partial charge in [0.2, 0.25) is 5.16 Å². The van der Waals surface area contributed by atoms with Gasteiger partial charge >= 0.3 is 0 Å². The van der Waals surface area contributed by atoms with E-state index in [0.717, 1.165) is 35.1 Å². The molecular weight excluding hydrogens is 377 g/mol. The van der Waals surface area contributed by atoms with E-state index in [1.54, 1.807) is 16.4 Å². The third-order valence-corrected chi connectivity index (χ3v) is 5.25. The number of tetrazole rings is 1. The van der Waals surface area contributed by atoms with Crippen molar-refractivity contribution in [2.24, 2.45) is 0 Å². The summed E-state index contributed by atoms with van der Waals surface area (Å²) in [6.07, 6.45) is 0.981. The Kier molecular flexibility index (Phi) is 6.69. The molecule has 0 aliphatic heterocycles. The molecule has 0 saturated carbocycles. The van der Waals surface area contributed by atoms with Gasteiger partial charge in [0.1, 0.15) is 0 Å². The molecule has 0 bridgehead atoms. The minimum Gasteiger partial charge on any atom is -0.313 e. The summed E-state index contributed by atoms with van der Waals surface area (Å²) < 4.78 is 1.75. The maximum absolute atomic E-state index is 6.16. The van der Waals surface area contributed by atoms with Crippen molar-refractivity contribution >= 4 is 35.0 Å². The molecule has 5 nitrogen and oxygen atoms in total. The van der Waals surface area contributed by atoms with Gasteiger partial charge in [-0.1, -0.05) is 59.2 Å². The van der Waals surface area contributed by atoms with Gasteiger partial charge in [-0.2, -0.15) is 4.68 Å². The van der Waals surface area contributed by atoms with E-state index in [0.29, 0.717) is 16.6 Å². The highest BCUT2D eigenvalue weighted by Crippen LogP contribution is 2.24. The smallest absolute Gasteiger partial charge is 0.214 e. The Morgan fingerprint density at radius 3 is 2.52 bits per heavy atom. The average Bonchev–Trinajstić information content (AvgIpc) is 3.09. The predicted molar refractivity (Wildman–Crippen MR) is 103 cm³/mol. The van der Waals surface area contributed by atoms with Crippen molar-refractivity contribution in [3.63, 3.8) is 0 Å². The topological polar surface area (TPSA) is 55.6 Å². The van der Waals surface area contributed by atoms with Crippen molar-refractivity contribution in [1.82, 2.24) is 25.5 Å². The first-order valence-corrected chi connectivity index (χ1v) is 9.60. The van der Waals surface area contributed by atoms with E-state index < -0.39 is 0 Å². The predicted octanol–water partition coefficient (Wildman–Crippen LogP) is 4.24. The zero-order valence-electron chi connectivity index (χ0n) is 13.4. The molecule has 0 radical (unpaired) electrons. The number of benzene rings is 2. The van der Waals surface area contributed by atoms with Crippen LogP contribution < -0.4 is 5.32 Å². The summed E-state index contributed by atoms with van der Waals surface area (Å²) >= 11 is 14.0. The van der Waals surface area contributed by atoms with Gasteiger partial charge in [-0.25, -0.2) is 0 Å². The first-order chi connectivity index (χ1) is 12.3. The summed E-state index contributed by atoms with van der Waals surface area (Å²) in [4.78, 5) is 0. The Bertz CT molecular complexity index is 790. The molecule has 0 fully saturated rings. The van der Waals surface area contributed by atoms with E-state index in [1.807, 2.05) is 48.5 Å². The van der Waals surface area contributed by atoms with Gasteiger partial charge < -0.3 is 5.32 Å². The quantitative estimate of drug-likeness (QED) is 0.458. The van der Waals surface area contributed by atoms with Gasteiger partial charge in [0, 0.05) is 27.9 Å². The maximum Gasteiger partial charge on any atom is 0.214 e. The molecule has 0 saturated heterocycles. The molecule has 1 aromatic heterocycles. The molecule has 0 aliphatic rings. The lowest BCUT2D eigenvalue weighted by Crippen LogP contribution is -2.16. The molecule has 0 amide bonds. The summed E-state index contributed by atoms with van der Waals surface area (Å²) in [5.41, 5.74) is 1.90. The van der Waals surface area contributed by atoms with Crippen LogP contribution in [0.5, 0.6) is 0 Å². The average molecular weight is 394 g/mol. The highest BCUT2D eigenvalue weighted by molar-refractivity contribution is 7.99. The SMILES string of the molecule is Clc1cccc(Cl)c1CNCCCSc1nnnn1-c1ccccc1. The molecule has 0 aliphatic carbocycles. The number of rotatable bonds is 8. The van der Waals surface area contributed by atoms with Crippen LogP contribution in [0.25, 0.3) is 5.69 Å². The molecule has 0 atom stereocenters.